The van der Waals surface area contributed by atoms with Gasteiger partial charge in [-0.2, -0.15) is 0 Å². The highest BCUT2D eigenvalue weighted by Crippen LogP contribution is 2.33. The summed E-state index contributed by atoms with van der Waals surface area (Å²) >= 11 is 0. The molecule has 1 aliphatic rings. The summed E-state index contributed by atoms with van der Waals surface area (Å²) in [6.07, 6.45) is 6.30. The normalized spacial score (nSPS) is 19.7. The van der Waals surface area contributed by atoms with Crippen LogP contribution in [0.3, 0.4) is 0 Å². The Morgan fingerprint density at radius 2 is 1.74 bits per heavy atom. The Labute approximate surface area is 138 Å². The van der Waals surface area contributed by atoms with Crippen molar-refractivity contribution in [1.29, 1.82) is 0 Å². The van der Waals surface area contributed by atoms with Crippen LogP contribution >= 0.6 is 0 Å². The van der Waals surface area contributed by atoms with Crippen LogP contribution in [0.4, 0.5) is 0 Å². The van der Waals surface area contributed by atoms with Crippen LogP contribution in [0.15, 0.2) is 36.9 Å². The van der Waals surface area contributed by atoms with Crippen molar-refractivity contribution >= 4 is 0 Å². The summed E-state index contributed by atoms with van der Waals surface area (Å²) in [5.74, 6) is -0.629. The Hall–Kier alpha value is -1.65. The number of ether oxygens (including phenoxy) is 2. The lowest BCUT2D eigenvalue weighted by Crippen LogP contribution is -2.51. The van der Waals surface area contributed by atoms with Gasteiger partial charge in [-0.25, -0.2) is 4.98 Å². The largest absolute Gasteiger partial charge is 0.347 e. The molecule has 0 saturated carbocycles. The van der Waals surface area contributed by atoms with E-state index in [1.54, 1.807) is 6.20 Å². The van der Waals surface area contributed by atoms with Gasteiger partial charge in [0.05, 0.1) is 26.1 Å². The number of hydrogen-bond donors (Lipinski definition) is 0. The molecule has 3 rings (SSSR count). The third-order valence-corrected chi connectivity index (χ3v) is 4.19. The van der Waals surface area contributed by atoms with Crippen molar-refractivity contribution in [2.45, 2.75) is 46.4 Å². The van der Waals surface area contributed by atoms with Crippen LogP contribution in [0.5, 0.6) is 0 Å². The minimum Gasteiger partial charge on any atom is -0.347 e. The van der Waals surface area contributed by atoms with Gasteiger partial charge in [-0.05, 0) is 19.4 Å². The molecule has 1 aromatic heterocycles. The van der Waals surface area contributed by atoms with Crippen LogP contribution in [0.1, 0.15) is 30.5 Å². The average Bonchev–Trinajstić information content (AvgIpc) is 2.94. The summed E-state index contributed by atoms with van der Waals surface area (Å²) in [5, 5.41) is 0. The second-order valence-corrected chi connectivity index (χ2v) is 7.56. The molecular formula is C19H26N2O2. The molecule has 0 radical (unpaired) electrons. The van der Waals surface area contributed by atoms with Crippen LogP contribution in [-0.4, -0.2) is 28.6 Å². The first-order chi connectivity index (χ1) is 10.9. The van der Waals surface area contributed by atoms with Crippen molar-refractivity contribution in [1.82, 2.24) is 9.55 Å². The van der Waals surface area contributed by atoms with E-state index in [0.29, 0.717) is 19.8 Å². The zero-order valence-electron chi connectivity index (χ0n) is 14.5. The summed E-state index contributed by atoms with van der Waals surface area (Å²) in [6.45, 7) is 10.7. The van der Waals surface area contributed by atoms with Gasteiger partial charge in [-0.3, -0.25) is 0 Å². The zero-order valence-corrected chi connectivity index (χ0v) is 14.5. The van der Waals surface area contributed by atoms with E-state index in [1.807, 2.05) is 17.1 Å². The van der Waals surface area contributed by atoms with Crippen molar-refractivity contribution < 1.29 is 9.47 Å². The summed E-state index contributed by atoms with van der Waals surface area (Å²) in [4.78, 5) is 4.13. The van der Waals surface area contributed by atoms with E-state index in [-0.39, 0.29) is 5.41 Å². The van der Waals surface area contributed by atoms with Crippen molar-refractivity contribution in [3.8, 4) is 0 Å². The number of imidazole rings is 1. The highest BCUT2D eigenvalue weighted by molar-refractivity contribution is 5.29. The molecule has 0 N–H and O–H groups in total. The van der Waals surface area contributed by atoms with Gasteiger partial charge in [-0.1, -0.05) is 43.2 Å². The third kappa shape index (κ3) is 4.01. The molecule has 23 heavy (non-hydrogen) atoms. The van der Waals surface area contributed by atoms with Crippen LogP contribution in [-0.2, 0) is 22.4 Å². The molecule has 2 aromatic rings. The second-order valence-electron chi connectivity index (χ2n) is 7.56. The fraction of sp³-hybridized carbons (Fsp3) is 0.526. The lowest BCUT2D eigenvalue weighted by atomic mass is 9.93. The molecule has 0 amide bonds. The molecule has 0 unspecified atom stereocenters. The molecule has 4 heteroatoms. The molecular weight excluding hydrogens is 288 g/mol. The molecule has 2 heterocycles. The Balaban J connectivity index is 1.86. The van der Waals surface area contributed by atoms with Gasteiger partial charge < -0.3 is 14.0 Å². The van der Waals surface area contributed by atoms with E-state index in [4.69, 9.17) is 9.47 Å². The van der Waals surface area contributed by atoms with Gasteiger partial charge in [0.25, 0.3) is 0 Å². The number of nitrogens with zero attached hydrogens (tertiary/aromatic N) is 2. The molecule has 1 fully saturated rings. The Morgan fingerprint density at radius 3 is 2.30 bits per heavy atom. The van der Waals surface area contributed by atoms with Crippen molar-refractivity contribution in [2.24, 2.45) is 5.41 Å². The smallest absolute Gasteiger partial charge is 0.190 e. The van der Waals surface area contributed by atoms with E-state index < -0.39 is 5.79 Å². The van der Waals surface area contributed by atoms with Crippen molar-refractivity contribution in [3.05, 3.63) is 53.6 Å². The predicted octanol–water partition coefficient (Wildman–Crippen LogP) is 3.51. The van der Waals surface area contributed by atoms with E-state index in [2.05, 4.69) is 50.9 Å². The Morgan fingerprint density at radius 1 is 1.09 bits per heavy atom. The van der Waals surface area contributed by atoms with Crippen LogP contribution in [0, 0.1) is 19.3 Å². The van der Waals surface area contributed by atoms with Gasteiger partial charge in [0.2, 0.25) is 0 Å². The quantitative estimate of drug-likeness (QED) is 0.866. The van der Waals surface area contributed by atoms with Gasteiger partial charge in [0.1, 0.15) is 0 Å². The van der Waals surface area contributed by atoms with Gasteiger partial charge in [0, 0.05) is 24.2 Å². The number of aromatic nitrogens is 2. The Kier molecular flexibility index (Phi) is 4.30. The topological polar surface area (TPSA) is 36.3 Å². The van der Waals surface area contributed by atoms with Crippen LogP contribution < -0.4 is 0 Å². The maximum absolute atomic E-state index is 6.27. The fourth-order valence-electron chi connectivity index (χ4n) is 3.13. The van der Waals surface area contributed by atoms with Gasteiger partial charge in [-0.15, -0.1) is 0 Å². The molecule has 1 aromatic carbocycles. The standard InChI is InChI=1S/C19H26N2O2/c1-15-7-16(2)9-17(8-15)10-19(11-21-6-5-20-14-21)22-12-18(3,4)13-23-19/h5-9,14H,10-13H2,1-4H3. The molecule has 0 spiro atoms. The van der Waals surface area contributed by atoms with Crippen LogP contribution in [0.25, 0.3) is 0 Å². The maximum atomic E-state index is 6.27. The third-order valence-electron chi connectivity index (χ3n) is 4.19. The highest BCUT2D eigenvalue weighted by atomic mass is 16.7. The number of rotatable bonds is 4. The minimum atomic E-state index is -0.629. The van der Waals surface area contributed by atoms with Gasteiger partial charge >= 0.3 is 0 Å². The highest BCUT2D eigenvalue weighted by Gasteiger charge is 2.41. The van der Waals surface area contributed by atoms with E-state index in [0.717, 1.165) is 6.42 Å². The molecule has 124 valence electrons. The molecule has 0 atom stereocenters. The molecule has 0 aliphatic carbocycles. The minimum absolute atomic E-state index is 0.0565. The first-order valence-corrected chi connectivity index (χ1v) is 8.17. The average molecular weight is 314 g/mol. The number of benzene rings is 1. The summed E-state index contributed by atoms with van der Waals surface area (Å²) < 4.78 is 14.6. The lowest BCUT2D eigenvalue weighted by Gasteiger charge is -2.43. The Bertz CT molecular complexity index is 632. The van der Waals surface area contributed by atoms with Crippen molar-refractivity contribution in [2.75, 3.05) is 13.2 Å². The predicted molar refractivity (Wildman–Crippen MR) is 90.3 cm³/mol. The second kappa shape index (κ2) is 6.10. The summed E-state index contributed by atoms with van der Waals surface area (Å²) in [7, 11) is 0. The van der Waals surface area contributed by atoms with E-state index in [1.165, 1.54) is 16.7 Å². The first-order valence-electron chi connectivity index (χ1n) is 8.17. The molecule has 1 saturated heterocycles. The SMILES string of the molecule is Cc1cc(C)cc(CC2(Cn3ccnc3)OCC(C)(C)CO2)c1. The monoisotopic (exact) mass is 314 g/mol. The zero-order chi connectivity index (χ0) is 16.5. The molecule has 1 aliphatic heterocycles. The first kappa shape index (κ1) is 16.2. The van der Waals surface area contributed by atoms with Crippen molar-refractivity contribution in [3.63, 3.8) is 0 Å². The maximum Gasteiger partial charge on any atom is 0.190 e. The lowest BCUT2D eigenvalue weighted by molar-refractivity contribution is -0.304. The number of aryl methyl sites for hydroxylation is 2. The van der Waals surface area contributed by atoms with Gasteiger partial charge in [0.15, 0.2) is 5.79 Å². The summed E-state index contributed by atoms with van der Waals surface area (Å²) in [6, 6.07) is 6.63. The number of hydrogen-bond acceptors (Lipinski definition) is 3. The van der Waals surface area contributed by atoms with E-state index >= 15 is 0 Å². The molecule has 4 nitrogen and oxygen atoms in total. The summed E-state index contributed by atoms with van der Waals surface area (Å²) in [5.41, 5.74) is 3.85. The molecule has 0 bridgehead atoms. The van der Waals surface area contributed by atoms with Crippen LogP contribution in [0.2, 0.25) is 0 Å². The van der Waals surface area contributed by atoms with E-state index in [9.17, 15) is 0 Å². The fourth-order valence-corrected chi connectivity index (χ4v) is 3.13.